The molecule has 158 valence electrons. The van der Waals surface area contributed by atoms with Gasteiger partial charge in [-0.3, -0.25) is 9.59 Å². The molecular weight excluding hydrogens is 402 g/mol. The SMILES string of the molecule is COC(=O)CSc1nc2n(n1)[C@H](c1ccc(N(C)C)cc1)C1=C(C[C@@H](C)CC1=O)N2. The lowest BCUT2D eigenvalue weighted by Crippen LogP contribution is -2.33. The second-order valence-electron chi connectivity index (χ2n) is 7.87. The molecule has 8 nitrogen and oxygen atoms in total. The number of Topliss-reactive ketones (excluding diaryl/α,β-unsaturated/α-hetero) is 1. The number of ketones is 1. The minimum absolute atomic E-state index is 0.130. The van der Waals surface area contributed by atoms with Gasteiger partial charge in [0.15, 0.2) is 5.78 Å². The monoisotopic (exact) mass is 427 g/mol. The number of thioether (sulfide) groups is 1. The van der Waals surface area contributed by atoms with E-state index in [0.29, 0.717) is 17.5 Å². The van der Waals surface area contributed by atoms with Gasteiger partial charge in [-0.1, -0.05) is 30.8 Å². The Kier molecular flexibility index (Phi) is 5.55. The Bertz CT molecular complexity index is 1010. The number of hydrogen-bond donors (Lipinski definition) is 1. The van der Waals surface area contributed by atoms with Crippen molar-refractivity contribution < 1.29 is 14.3 Å². The van der Waals surface area contributed by atoms with Gasteiger partial charge in [-0.15, -0.1) is 5.10 Å². The summed E-state index contributed by atoms with van der Waals surface area (Å²) in [5.41, 5.74) is 3.74. The summed E-state index contributed by atoms with van der Waals surface area (Å²) >= 11 is 1.22. The number of rotatable bonds is 5. The highest BCUT2D eigenvalue weighted by molar-refractivity contribution is 7.99. The van der Waals surface area contributed by atoms with E-state index in [4.69, 9.17) is 4.74 Å². The number of esters is 1. The third-order valence-electron chi connectivity index (χ3n) is 5.38. The number of nitrogens with one attached hydrogen (secondary N) is 1. The molecule has 2 aliphatic rings. The molecular formula is C21H25N5O3S. The predicted octanol–water partition coefficient (Wildman–Crippen LogP) is 2.88. The van der Waals surface area contributed by atoms with E-state index < -0.39 is 0 Å². The molecule has 1 N–H and O–H groups in total. The van der Waals surface area contributed by atoms with Crippen LogP contribution in [-0.4, -0.2) is 53.5 Å². The quantitative estimate of drug-likeness (QED) is 0.576. The van der Waals surface area contributed by atoms with Gasteiger partial charge in [0.05, 0.1) is 12.9 Å². The molecule has 0 saturated heterocycles. The third kappa shape index (κ3) is 3.81. The molecule has 1 aliphatic carbocycles. The molecule has 0 radical (unpaired) electrons. The van der Waals surface area contributed by atoms with Crippen molar-refractivity contribution in [3.8, 4) is 0 Å². The van der Waals surface area contributed by atoms with Crippen LogP contribution in [0.4, 0.5) is 11.6 Å². The second-order valence-corrected chi connectivity index (χ2v) is 8.81. The maximum absolute atomic E-state index is 13.0. The first-order chi connectivity index (χ1) is 14.4. The number of allylic oxidation sites excluding steroid dienone is 2. The summed E-state index contributed by atoms with van der Waals surface area (Å²) in [7, 11) is 5.34. The maximum atomic E-state index is 13.0. The normalized spacial score (nSPS) is 20.3. The van der Waals surface area contributed by atoms with E-state index in [1.165, 1.54) is 18.9 Å². The number of methoxy groups -OCH3 is 1. The molecule has 0 saturated carbocycles. The van der Waals surface area contributed by atoms with Crippen LogP contribution in [0.2, 0.25) is 0 Å². The van der Waals surface area contributed by atoms with Crippen molar-refractivity contribution in [2.24, 2.45) is 5.92 Å². The van der Waals surface area contributed by atoms with Gasteiger partial charge in [0, 0.05) is 37.5 Å². The summed E-state index contributed by atoms with van der Waals surface area (Å²) in [6.45, 7) is 2.08. The largest absolute Gasteiger partial charge is 0.468 e. The molecule has 0 unspecified atom stereocenters. The molecule has 0 amide bonds. The van der Waals surface area contributed by atoms with Crippen LogP contribution in [0.15, 0.2) is 40.7 Å². The molecule has 1 aliphatic heterocycles. The minimum Gasteiger partial charge on any atom is -0.468 e. The Balaban J connectivity index is 1.75. The summed E-state index contributed by atoms with van der Waals surface area (Å²) in [6, 6.07) is 7.81. The van der Waals surface area contributed by atoms with E-state index in [1.54, 1.807) is 4.68 Å². The van der Waals surface area contributed by atoms with Crippen molar-refractivity contribution in [2.75, 3.05) is 37.2 Å². The molecule has 2 heterocycles. The van der Waals surface area contributed by atoms with Crippen LogP contribution < -0.4 is 10.2 Å². The van der Waals surface area contributed by atoms with Gasteiger partial charge in [-0.2, -0.15) is 4.98 Å². The van der Waals surface area contributed by atoms with E-state index in [0.717, 1.165) is 28.9 Å². The first kappa shape index (κ1) is 20.5. The molecule has 30 heavy (non-hydrogen) atoms. The highest BCUT2D eigenvalue weighted by Crippen LogP contribution is 2.42. The Morgan fingerprint density at radius 1 is 1.30 bits per heavy atom. The number of carbonyl (C=O) groups is 2. The van der Waals surface area contributed by atoms with Gasteiger partial charge in [-0.05, 0) is 30.0 Å². The van der Waals surface area contributed by atoms with Crippen molar-refractivity contribution in [2.45, 2.75) is 31.0 Å². The van der Waals surface area contributed by atoms with Crippen molar-refractivity contribution in [1.82, 2.24) is 14.8 Å². The number of carbonyl (C=O) groups excluding carboxylic acids is 2. The molecule has 0 spiro atoms. The van der Waals surface area contributed by atoms with Crippen LogP contribution in [0.5, 0.6) is 0 Å². The van der Waals surface area contributed by atoms with E-state index in [9.17, 15) is 9.59 Å². The van der Waals surface area contributed by atoms with Crippen molar-refractivity contribution in [3.63, 3.8) is 0 Å². The molecule has 2 atom stereocenters. The van der Waals surface area contributed by atoms with Crippen LogP contribution in [-0.2, 0) is 14.3 Å². The Morgan fingerprint density at radius 3 is 2.70 bits per heavy atom. The number of ether oxygens (including phenoxy) is 1. The topological polar surface area (TPSA) is 89.3 Å². The predicted molar refractivity (Wildman–Crippen MR) is 116 cm³/mol. The minimum atomic E-state index is -0.340. The number of nitrogens with zero attached hydrogens (tertiary/aromatic N) is 4. The summed E-state index contributed by atoms with van der Waals surface area (Å²) in [4.78, 5) is 31.1. The highest BCUT2D eigenvalue weighted by Gasteiger charge is 2.38. The number of fused-ring (bicyclic) bond motifs is 1. The summed E-state index contributed by atoms with van der Waals surface area (Å²) in [5.74, 6) is 0.805. The van der Waals surface area contributed by atoms with E-state index in [-0.39, 0.29) is 29.5 Å². The molecule has 1 aromatic heterocycles. The molecule has 0 bridgehead atoms. The molecule has 9 heteroatoms. The van der Waals surface area contributed by atoms with Crippen LogP contribution in [0.1, 0.15) is 31.4 Å². The van der Waals surface area contributed by atoms with Crippen LogP contribution in [0.25, 0.3) is 0 Å². The molecule has 4 rings (SSSR count). The number of hydrogen-bond acceptors (Lipinski definition) is 8. The lowest BCUT2D eigenvalue weighted by atomic mass is 9.81. The first-order valence-electron chi connectivity index (χ1n) is 9.84. The Morgan fingerprint density at radius 2 is 2.03 bits per heavy atom. The standard InChI is InChI=1S/C21H25N5O3S/c1-12-9-15-18(16(27)10-12)19(13-5-7-14(8-6-13)25(2)3)26-20(22-15)23-21(24-26)30-11-17(28)29-4/h5-8,12,19H,9-11H2,1-4H3,(H,22,23,24)/t12-,19-/m1/s1. The van der Waals surface area contributed by atoms with Crippen LogP contribution in [0.3, 0.4) is 0 Å². The summed E-state index contributed by atoms with van der Waals surface area (Å²) in [6.07, 6.45) is 1.33. The fourth-order valence-electron chi connectivity index (χ4n) is 3.89. The van der Waals surface area contributed by atoms with Crippen molar-refractivity contribution >= 4 is 35.2 Å². The van der Waals surface area contributed by atoms with Crippen LogP contribution in [0, 0.1) is 5.92 Å². The fraction of sp³-hybridized carbons (Fsp3) is 0.429. The average molecular weight is 428 g/mol. The van der Waals surface area contributed by atoms with Gasteiger partial charge >= 0.3 is 5.97 Å². The summed E-state index contributed by atoms with van der Waals surface area (Å²) < 4.78 is 6.46. The van der Waals surface area contributed by atoms with Gasteiger partial charge < -0.3 is 15.0 Å². The Hall–Kier alpha value is -2.81. The van der Waals surface area contributed by atoms with Gasteiger partial charge in [0.2, 0.25) is 11.1 Å². The number of benzene rings is 1. The second kappa shape index (κ2) is 8.14. The van der Waals surface area contributed by atoms with Gasteiger partial charge in [0.25, 0.3) is 0 Å². The summed E-state index contributed by atoms with van der Waals surface area (Å²) in [5, 5.41) is 8.41. The van der Waals surface area contributed by atoms with Crippen molar-refractivity contribution in [3.05, 3.63) is 41.1 Å². The zero-order chi connectivity index (χ0) is 21.4. The smallest absolute Gasteiger partial charge is 0.316 e. The lowest BCUT2D eigenvalue weighted by Gasteiger charge is -2.34. The maximum Gasteiger partial charge on any atom is 0.316 e. The Labute approximate surface area is 179 Å². The lowest BCUT2D eigenvalue weighted by molar-refractivity contribution is -0.137. The van der Waals surface area contributed by atoms with Crippen molar-refractivity contribution in [1.29, 1.82) is 0 Å². The molecule has 2 aromatic rings. The average Bonchev–Trinajstić information content (AvgIpc) is 3.12. The zero-order valence-corrected chi connectivity index (χ0v) is 18.3. The number of anilines is 2. The third-order valence-corrected chi connectivity index (χ3v) is 6.19. The number of aromatic nitrogens is 3. The fourth-order valence-corrected chi connectivity index (χ4v) is 4.56. The first-order valence-corrected chi connectivity index (χ1v) is 10.8. The molecule has 1 aromatic carbocycles. The van der Waals surface area contributed by atoms with Crippen LogP contribution >= 0.6 is 11.8 Å². The van der Waals surface area contributed by atoms with E-state index in [2.05, 4.69) is 22.3 Å². The highest BCUT2D eigenvalue weighted by atomic mass is 32.2. The van der Waals surface area contributed by atoms with Gasteiger partial charge in [-0.25, -0.2) is 4.68 Å². The molecule has 0 fully saturated rings. The van der Waals surface area contributed by atoms with E-state index in [1.807, 2.05) is 43.3 Å². The van der Waals surface area contributed by atoms with E-state index >= 15 is 0 Å². The van der Waals surface area contributed by atoms with Gasteiger partial charge in [0.1, 0.15) is 6.04 Å². The zero-order valence-electron chi connectivity index (χ0n) is 17.5.